The van der Waals surface area contributed by atoms with E-state index in [2.05, 4.69) is 20.3 Å². The van der Waals surface area contributed by atoms with Crippen LogP contribution in [0.1, 0.15) is 18.4 Å². The molecule has 160 valence electrons. The first-order valence-corrected chi connectivity index (χ1v) is 10.4. The Hall–Kier alpha value is -3.23. The van der Waals surface area contributed by atoms with Crippen LogP contribution in [0.4, 0.5) is 5.69 Å². The van der Waals surface area contributed by atoms with Crippen LogP contribution in [0, 0.1) is 0 Å². The number of aromatic nitrogens is 1. The summed E-state index contributed by atoms with van der Waals surface area (Å²) in [5.41, 5.74) is 1.78. The molecule has 2 heterocycles. The third-order valence-electron chi connectivity index (χ3n) is 5.08. The Morgan fingerprint density at radius 1 is 1.13 bits per heavy atom. The number of carbonyl (C=O) groups excluding carboxylic acids is 1. The van der Waals surface area contributed by atoms with Gasteiger partial charge in [-0.1, -0.05) is 53.2 Å². The van der Waals surface area contributed by atoms with Crippen molar-refractivity contribution in [1.29, 1.82) is 0 Å². The molecule has 1 saturated heterocycles. The van der Waals surface area contributed by atoms with Crippen LogP contribution in [0.2, 0.25) is 5.02 Å². The Balaban J connectivity index is 1.44. The molecular weight excluding hydrogens is 418 g/mol. The quantitative estimate of drug-likeness (QED) is 0.327. The maximum atomic E-state index is 12.0. The van der Waals surface area contributed by atoms with Gasteiger partial charge >= 0.3 is 5.91 Å². The molecule has 0 aliphatic carbocycles. The number of rotatable bonds is 7. The molecule has 3 aromatic rings. The monoisotopic (exact) mass is 439 g/mol. The normalized spacial score (nSPS) is 14.9. The van der Waals surface area contributed by atoms with E-state index in [-0.39, 0.29) is 18.2 Å². The molecule has 0 radical (unpaired) electrons. The van der Waals surface area contributed by atoms with Gasteiger partial charge in [-0.15, -0.1) is 10.2 Å². The molecular formula is C22H22ClN5O3. The molecule has 1 fully saturated rings. The van der Waals surface area contributed by atoms with Gasteiger partial charge in [0.05, 0.1) is 18.4 Å². The van der Waals surface area contributed by atoms with Gasteiger partial charge in [0.2, 0.25) is 5.88 Å². The lowest BCUT2D eigenvalue weighted by molar-refractivity contribution is -0.122. The molecule has 2 aromatic carbocycles. The minimum absolute atomic E-state index is 0.0118. The van der Waals surface area contributed by atoms with Crippen molar-refractivity contribution in [3.8, 4) is 5.88 Å². The number of nitrogens with zero attached hydrogens (tertiary/aromatic N) is 5. The minimum Gasteiger partial charge on any atom is -0.493 e. The van der Waals surface area contributed by atoms with E-state index >= 15 is 0 Å². The highest BCUT2D eigenvalue weighted by molar-refractivity contribution is 6.33. The van der Waals surface area contributed by atoms with Gasteiger partial charge in [-0.3, -0.25) is 14.3 Å². The molecule has 1 aromatic heterocycles. The van der Waals surface area contributed by atoms with E-state index in [0.29, 0.717) is 17.3 Å². The Bertz CT molecular complexity index is 1140. The topological polar surface area (TPSA) is 91.8 Å². The van der Waals surface area contributed by atoms with Crippen LogP contribution in [-0.2, 0) is 16.3 Å². The molecule has 1 aliphatic rings. The fraction of sp³-hybridized carbons (Fsp3) is 0.273. The van der Waals surface area contributed by atoms with Crippen molar-refractivity contribution in [3.63, 3.8) is 0 Å². The summed E-state index contributed by atoms with van der Waals surface area (Å²) < 4.78 is 1.80. The van der Waals surface area contributed by atoms with E-state index < -0.39 is 5.91 Å². The number of fused-ring (bicyclic) bond motifs is 1. The maximum absolute atomic E-state index is 12.0. The smallest absolute Gasteiger partial charge is 0.304 e. The number of amides is 1. The Morgan fingerprint density at radius 3 is 2.68 bits per heavy atom. The zero-order valence-electron chi connectivity index (χ0n) is 16.8. The number of halogens is 1. The molecule has 31 heavy (non-hydrogen) atoms. The highest BCUT2D eigenvalue weighted by Crippen LogP contribution is 2.39. The summed E-state index contributed by atoms with van der Waals surface area (Å²) in [6.45, 7) is 2.17. The SMILES string of the molecule is O=C(CO/N=C/c1ccccc1Cl)N=Nc1c(O)n(CN2CCCC2)c2ccccc12. The van der Waals surface area contributed by atoms with Crippen LogP contribution in [0.25, 0.3) is 10.9 Å². The van der Waals surface area contributed by atoms with Crippen molar-refractivity contribution in [2.24, 2.45) is 15.4 Å². The predicted molar refractivity (Wildman–Crippen MR) is 119 cm³/mol. The summed E-state index contributed by atoms with van der Waals surface area (Å²) >= 11 is 6.03. The maximum Gasteiger partial charge on any atom is 0.304 e. The van der Waals surface area contributed by atoms with Gasteiger partial charge in [-0.05, 0) is 38.1 Å². The molecule has 9 heteroatoms. The van der Waals surface area contributed by atoms with Gasteiger partial charge in [-0.2, -0.15) is 0 Å². The summed E-state index contributed by atoms with van der Waals surface area (Å²) in [6.07, 6.45) is 3.73. The fourth-order valence-corrected chi connectivity index (χ4v) is 3.72. The molecule has 1 N–H and O–H groups in total. The van der Waals surface area contributed by atoms with Crippen LogP contribution >= 0.6 is 11.6 Å². The van der Waals surface area contributed by atoms with Crippen molar-refractivity contribution in [2.45, 2.75) is 19.5 Å². The van der Waals surface area contributed by atoms with E-state index in [1.807, 2.05) is 36.4 Å². The van der Waals surface area contributed by atoms with E-state index in [1.165, 1.54) is 6.21 Å². The number of azo groups is 1. The average molecular weight is 440 g/mol. The second kappa shape index (κ2) is 9.72. The lowest BCUT2D eigenvalue weighted by atomic mass is 10.2. The largest absolute Gasteiger partial charge is 0.493 e. The summed E-state index contributed by atoms with van der Waals surface area (Å²) in [4.78, 5) is 19.3. The lowest BCUT2D eigenvalue weighted by Crippen LogP contribution is -2.22. The predicted octanol–water partition coefficient (Wildman–Crippen LogP) is 4.71. The fourth-order valence-electron chi connectivity index (χ4n) is 3.54. The van der Waals surface area contributed by atoms with Crippen molar-refractivity contribution >= 4 is 40.3 Å². The highest BCUT2D eigenvalue weighted by atomic mass is 35.5. The van der Waals surface area contributed by atoms with Gasteiger partial charge in [0, 0.05) is 16.0 Å². The summed E-state index contributed by atoms with van der Waals surface area (Å²) in [5, 5.41) is 23.5. The number of likely N-dealkylation sites (tertiary alicyclic amines) is 1. The van der Waals surface area contributed by atoms with Gasteiger partial charge in [-0.25, -0.2) is 0 Å². The van der Waals surface area contributed by atoms with Crippen LogP contribution in [0.15, 0.2) is 63.9 Å². The van der Waals surface area contributed by atoms with Crippen LogP contribution in [0.3, 0.4) is 0 Å². The molecule has 1 aliphatic heterocycles. The second-order valence-electron chi connectivity index (χ2n) is 7.21. The van der Waals surface area contributed by atoms with E-state index in [9.17, 15) is 9.90 Å². The van der Waals surface area contributed by atoms with Gasteiger partial charge in [0.25, 0.3) is 0 Å². The third kappa shape index (κ3) is 4.92. The molecule has 0 bridgehead atoms. The minimum atomic E-state index is -0.618. The summed E-state index contributed by atoms with van der Waals surface area (Å²) in [7, 11) is 0. The Kier molecular flexibility index (Phi) is 6.59. The van der Waals surface area contributed by atoms with Crippen molar-refractivity contribution in [3.05, 3.63) is 59.1 Å². The molecule has 0 atom stereocenters. The van der Waals surface area contributed by atoms with Crippen LogP contribution in [0.5, 0.6) is 5.88 Å². The molecule has 0 unspecified atom stereocenters. The van der Waals surface area contributed by atoms with Gasteiger partial charge < -0.3 is 9.94 Å². The van der Waals surface area contributed by atoms with E-state index in [1.54, 1.807) is 16.7 Å². The van der Waals surface area contributed by atoms with E-state index in [4.69, 9.17) is 16.4 Å². The number of carbonyl (C=O) groups is 1. The summed E-state index contributed by atoms with van der Waals surface area (Å²) in [6, 6.07) is 14.7. The highest BCUT2D eigenvalue weighted by Gasteiger charge is 2.20. The second-order valence-corrected chi connectivity index (χ2v) is 7.61. The third-order valence-corrected chi connectivity index (χ3v) is 5.42. The van der Waals surface area contributed by atoms with Crippen molar-refractivity contribution in [1.82, 2.24) is 9.47 Å². The number of benzene rings is 2. The molecule has 0 spiro atoms. The Morgan fingerprint density at radius 2 is 1.87 bits per heavy atom. The summed E-state index contributed by atoms with van der Waals surface area (Å²) in [5.74, 6) is -0.630. The van der Waals surface area contributed by atoms with Gasteiger partial charge in [0.15, 0.2) is 12.3 Å². The molecule has 8 nitrogen and oxygen atoms in total. The van der Waals surface area contributed by atoms with E-state index in [0.717, 1.165) is 36.8 Å². The molecule has 4 rings (SSSR count). The molecule has 0 saturated carbocycles. The molecule has 1 amide bonds. The number of aromatic hydroxyl groups is 1. The first-order valence-electron chi connectivity index (χ1n) is 10.0. The lowest BCUT2D eigenvalue weighted by Gasteiger charge is -2.17. The van der Waals surface area contributed by atoms with Crippen LogP contribution in [-0.4, -0.2) is 46.4 Å². The zero-order valence-corrected chi connectivity index (χ0v) is 17.6. The number of oxime groups is 1. The Labute approximate surface area is 184 Å². The van der Waals surface area contributed by atoms with Gasteiger partial charge in [0.1, 0.15) is 0 Å². The van der Waals surface area contributed by atoms with Crippen molar-refractivity contribution < 1.29 is 14.7 Å². The number of hydrogen-bond acceptors (Lipinski definition) is 6. The van der Waals surface area contributed by atoms with Crippen molar-refractivity contribution in [2.75, 3.05) is 19.7 Å². The standard InChI is InChI=1S/C22H22ClN5O3/c23-18-9-3-1-7-16(18)13-24-31-14-20(29)25-26-21-17-8-2-4-10-19(17)28(22(21)30)15-27-11-5-6-12-27/h1-4,7-10,13,30H,5-6,11-12,14-15H2/b24-13+,26-25?. The first kappa shape index (κ1) is 21.0. The number of hydrogen-bond donors (Lipinski definition) is 1. The zero-order chi connectivity index (χ0) is 21.6. The number of para-hydroxylation sites is 1. The average Bonchev–Trinajstić information content (AvgIpc) is 3.38. The van der Waals surface area contributed by atoms with Crippen LogP contribution < -0.4 is 0 Å². The first-order chi connectivity index (χ1) is 15.1.